The molecule has 88 valence electrons. The molecule has 1 unspecified atom stereocenters. The maximum absolute atomic E-state index is 11.3. The summed E-state index contributed by atoms with van der Waals surface area (Å²) in [5.74, 6) is -1.17. The number of benzene rings is 1. The fraction of sp³-hybridized carbons (Fsp3) is 0.222. The van der Waals surface area contributed by atoms with Crippen molar-refractivity contribution in [3.05, 3.63) is 28.2 Å². The highest BCUT2D eigenvalue weighted by atomic mass is 79.9. The zero-order valence-electron chi connectivity index (χ0n) is 8.34. The summed E-state index contributed by atoms with van der Waals surface area (Å²) in [7, 11) is -3.33. The van der Waals surface area contributed by atoms with Crippen LogP contribution in [0.15, 0.2) is 27.6 Å². The summed E-state index contributed by atoms with van der Waals surface area (Å²) >= 11 is 3.07. The fourth-order valence-corrected chi connectivity index (χ4v) is 3.16. The van der Waals surface area contributed by atoms with E-state index in [9.17, 15) is 13.2 Å². The van der Waals surface area contributed by atoms with Crippen LogP contribution < -0.4 is 5.73 Å². The molecule has 16 heavy (non-hydrogen) atoms. The molecule has 1 aromatic rings. The Labute approximate surface area is 101 Å². The van der Waals surface area contributed by atoms with Gasteiger partial charge >= 0.3 is 5.97 Å². The van der Waals surface area contributed by atoms with Crippen LogP contribution in [0.3, 0.4) is 0 Å². The molecule has 1 atom stereocenters. The smallest absolute Gasteiger partial charge is 0.325 e. The highest BCUT2D eigenvalue weighted by Crippen LogP contribution is 2.25. The van der Waals surface area contributed by atoms with Crippen molar-refractivity contribution >= 4 is 31.7 Å². The second-order valence-electron chi connectivity index (χ2n) is 3.28. The highest BCUT2D eigenvalue weighted by Gasteiger charge is 2.18. The second kappa shape index (κ2) is 4.52. The maximum atomic E-state index is 11.3. The van der Waals surface area contributed by atoms with Gasteiger partial charge in [0.1, 0.15) is 6.04 Å². The molecule has 0 saturated carbocycles. The lowest BCUT2D eigenvalue weighted by molar-refractivity contribution is -0.138. The zero-order valence-corrected chi connectivity index (χ0v) is 10.7. The van der Waals surface area contributed by atoms with E-state index in [-0.39, 0.29) is 4.90 Å². The van der Waals surface area contributed by atoms with Crippen LogP contribution in [0, 0.1) is 0 Å². The Kier molecular flexibility index (Phi) is 3.72. The van der Waals surface area contributed by atoms with E-state index in [1.807, 2.05) is 0 Å². The van der Waals surface area contributed by atoms with E-state index in [1.54, 1.807) is 0 Å². The third-order valence-corrected chi connectivity index (χ3v) is 4.05. The van der Waals surface area contributed by atoms with Gasteiger partial charge in [0.05, 0.1) is 4.90 Å². The first kappa shape index (κ1) is 13.1. The molecule has 0 saturated heterocycles. The lowest BCUT2D eigenvalue weighted by Crippen LogP contribution is -2.20. The number of hydrogen-bond donors (Lipinski definition) is 2. The third-order valence-electron chi connectivity index (χ3n) is 1.98. The van der Waals surface area contributed by atoms with E-state index in [0.29, 0.717) is 10.0 Å². The Balaban J connectivity index is 3.25. The molecule has 0 aromatic heterocycles. The van der Waals surface area contributed by atoms with E-state index < -0.39 is 21.8 Å². The molecule has 0 radical (unpaired) electrons. The minimum Gasteiger partial charge on any atom is -0.480 e. The van der Waals surface area contributed by atoms with Crippen molar-refractivity contribution < 1.29 is 18.3 Å². The van der Waals surface area contributed by atoms with Crippen molar-refractivity contribution in [1.82, 2.24) is 0 Å². The van der Waals surface area contributed by atoms with Gasteiger partial charge in [-0.15, -0.1) is 0 Å². The minimum atomic E-state index is -3.33. The molecule has 0 bridgehead atoms. The van der Waals surface area contributed by atoms with Crippen molar-refractivity contribution in [2.75, 3.05) is 6.26 Å². The number of aliphatic carboxylic acids is 1. The number of carboxylic acids is 1. The lowest BCUT2D eigenvalue weighted by atomic mass is 10.1. The molecule has 0 aliphatic rings. The van der Waals surface area contributed by atoms with E-state index in [4.69, 9.17) is 10.8 Å². The first-order valence-corrected chi connectivity index (χ1v) is 6.90. The normalized spacial score (nSPS) is 13.4. The quantitative estimate of drug-likeness (QED) is 0.866. The number of halogens is 1. The van der Waals surface area contributed by atoms with Crippen molar-refractivity contribution in [2.45, 2.75) is 10.9 Å². The summed E-state index contributed by atoms with van der Waals surface area (Å²) in [6, 6.07) is 2.96. The van der Waals surface area contributed by atoms with Crippen LogP contribution in [0.4, 0.5) is 0 Å². The van der Waals surface area contributed by atoms with Gasteiger partial charge in [0.25, 0.3) is 0 Å². The molecule has 1 rings (SSSR count). The number of nitrogens with two attached hydrogens (primary N) is 1. The first-order valence-electron chi connectivity index (χ1n) is 4.21. The van der Waals surface area contributed by atoms with Gasteiger partial charge < -0.3 is 10.8 Å². The van der Waals surface area contributed by atoms with Crippen LogP contribution in [-0.2, 0) is 14.6 Å². The summed E-state index contributed by atoms with van der Waals surface area (Å²) in [4.78, 5) is 10.7. The van der Waals surface area contributed by atoms with Gasteiger partial charge in [0.15, 0.2) is 9.84 Å². The van der Waals surface area contributed by atoms with Crippen LogP contribution in [0.1, 0.15) is 11.6 Å². The second-order valence-corrected chi connectivity index (χ2v) is 6.12. The summed E-state index contributed by atoms with van der Waals surface area (Å²) in [6.45, 7) is 0. The third kappa shape index (κ3) is 2.81. The topological polar surface area (TPSA) is 97.5 Å². The Morgan fingerprint density at radius 1 is 1.50 bits per heavy atom. The monoisotopic (exact) mass is 307 g/mol. The maximum Gasteiger partial charge on any atom is 0.325 e. The molecular formula is C9H10BrNO4S. The van der Waals surface area contributed by atoms with E-state index >= 15 is 0 Å². The standard InChI is InChI=1S/C9H10BrNO4S/c1-16(14,15)7-3-2-5(4-6(7)10)8(11)9(12)13/h2-4,8H,11H2,1H3,(H,12,13). The van der Waals surface area contributed by atoms with Gasteiger partial charge in [-0.05, 0) is 33.6 Å². The molecule has 0 amide bonds. The number of hydrogen-bond acceptors (Lipinski definition) is 4. The summed E-state index contributed by atoms with van der Waals surface area (Å²) in [5.41, 5.74) is 5.74. The van der Waals surface area contributed by atoms with Crippen LogP contribution in [0.2, 0.25) is 0 Å². The van der Waals surface area contributed by atoms with Crippen molar-refractivity contribution in [1.29, 1.82) is 0 Å². The van der Waals surface area contributed by atoms with Gasteiger partial charge in [-0.1, -0.05) is 6.07 Å². The van der Waals surface area contributed by atoms with Gasteiger partial charge in [-0.3, -0.25) is 4.79 Å². The van der Waals surface area contributed by atoms with E-state index in [1.165, 1.54) is 18.2 Å². The zero-order chi connectivity index (χ0) is 12.5. The lowest BCUT2D eigenvalue weighted by Gasteiger charge is -2.09. The summed E-state index contributed by atoms with van der Waals surface area (Å²) in [5, 5.41) is 8.70. The SMILES string of the molecule is CS(=O)(=O)c1ccc(C(N)C(=O)O)cc1Br. The van der Waals surface area contributed by atoms with Crippen LogP contribution in [0.5, 0.6) is 0 Å². The Bertz CT molecular complexity index is 526. The first-order chi connectivity index (χ1) is 7.23. The molecule has 1 aromatic carbocycles. The van der Waals surface area contributed by atoms with E-state index in [2.05, 4.69) is 15.9 Å². The molecule has 0 fully saturated rings. The largest absolute Gasteiger partial charge is 0.480 e. The number of carboxylic acid groups (broad SMARTS) is 1. The van der Waals surface area contributed by atoms with Gasteiger partial charge in [0.2, 0.25) is 0 Å². The number of rotatable bonds is 3. The Morgan fingerprint density at radius 3 is 2.44 bits per heavy atom. The minimum absolute atomic E-state index is 0.105. The van der Waals surface area contributed by atoms with Crippen LogP contribution >= 0.6 is 15.9 Å². The van der Waals surface area contributed by atoms with Crippen LogP contribution in [0.25, 0.3) is 0 Å². The fourth-order valence-electron chi connectivity index (χ4n) is 1.15. The van der Waals surface area contributed by atoms with Gasteiger partial charge in [0, 0.05) is 10.7 Å². The molecule has 7 heteroatoms. The van der Waals surface area contributed by atoms with Crippen LogP contribution in [-0.4, -0.2) is 25.7 Å². The van der Waals surface area contributed by atoms with Crippen molar-refractivity contribution in [3.8, 4) is 0 Å². The predicted octanol–water partition coefficient (Wildman–Crippen LogP) is 0.937. The number of sulfone groups is 1. The summed E-state index contributed by atoms with van der Waals surface area (Å²) in [6.07, 6.45) is 1.07. The average molecular weight is 308 g/mol. The molecule has 0 spiro atoms. The van der Waals surface area contributed by atoms with E-state index in [0.717, 1.165) is 6.26 Å². The molecular weight excluding hydrogens is 298 g/mol. The molecule has 0 aliphatic carbocycles. The number of carbonyl (C=O) groups is 1. The molecule has 0 aliphatic heterocycles. The molecule has 0 heterocycles. The van der Waals surface area contributed by atoms with Gasteiger partial charge in [-0.25, -0.2) is 8.42 Å². The Morgan fingerprint density at radius 2 is 2.06 bits per heavy atom. The van der Waals surface area contributed by atoms with Crippen molar-refractivity contribution in [3.63, 3.8) is 0 Å². The van der Waals surface area contributed by atoms with Gasteiger partial charge in [-0.2, -0.15) is 0 Å². The Hall–Kier alpha value is -0.920. The summed E-state index contributed by atoms with van der Waals surface area (Å²) < 4.78 is 22.9. The molecule has 3 N–H and O–H groups in total. The molecule has 5 nitrogen and oxygen atoms in total. The predicted molar refractivity (Wildman–Crippen MR) is 61.8 cm³/mol. The van der Waals surface area contributed by atoms with Crippen molar-refractivity contribution in [2.24, 2.45) is 5.73 Å². The average Bonchev–Trinajstić information content (AvgIpc) is 2.14. The highest BCUT2D eigenvalue weighted by molar-refractivity contribution is 9.10.